The lowest BCUT2D eigenvalue weighted by molar-refractivity contribution is -0.139. The van der Waals surface area contributed by atoms with Crippen molar-refractivity contribution in [2.75, 3.05) is 25.0 Å². The monoisotopic (exact) mass is 577 g/mol. The van der Waals surface area contributed by atoms with Crippen LogP contribution in [-0.4, -0.2) is 51.9 Å². The zero-order chi connectivity index (χ0) is 28.0. The molecule has 1 atom stereocenters. The van der Waals surface area contributed by atoms with Crippen molar-refractivity contribution in [3.8, 4) is 5.75 Å². The van der Waals surface area contributed by atoms with Crippen LogP contribution in [0.5, 0.6) is 5.75 Å². The van der Waals surface area contributed by atoms with Crippen LogP contribution in [0.25, 0.3) is 0 Å². The van der Waals surface area contributed by atoms with E-state index >= 15 is 0 Å². The zero-order valence-electron chi connectivity index (χ0n) is 21.4. The van der Waals surface area contributed by atoms with Crippen molar-refractivity contribution in [1.29, 1.82) is 0 Å². The number of carbonyl (C=O) groups is 2. The van der Waals surface area contributed by atoms with Gasteiger partial charge in [-0.25, -0.2) is 8.42 Å². The minimum absolute atomic E-state index is 0.0127. The Kier molecular flexibility index (Phi) is 9.65. The molecule has 0 aliphatic carbocycles. The second-order valence-electron chi connectivity index (χ2n) is 8.54. The molecule has 2 amide bonds. The van der Waals surface area contributed by atoms with Gasteiger partial charge in [0.1, 0.15) is 18.3 Å². The Morgan fingerprint density at radius 1 is 1.00 bits per heavy atom. The fourth-order valence-electron chi connectivity index (χ4n) is 3.78. The number of hydrogen-bond acceptors (Lipinski definition) is 5. The molecule has 0 bridgehead atoms. The predicted molar refractivity (Wildman–Crippen MR) is 149 cm³/mol. The van der Waals surface area contributed by atoms with Gasteiger partial charge in [-0.2, -0.15) is 0 Å². The van der Waals surface area contributed by atoms with Crippen LogP contribution in [0, 0.1) is 6.92 Å². The Morgan fingerprint density at radius 3 is 2.18 bits per heavy atom. The van der Waals surface area contributed by atoms with Crippen molar-refractivity contribution in [2.24, 2.45) is 0 Å². The van der Waals surface area contributed by atoms with Crippen molar-refractivity contribution in [1.82, 2.24) is 10.2 Å². The minimum atomic E-state index is -4.19. The summed E-state index contributed by atoms with van der Waals surface area (Å²) < 4.78 is 33.9. The number of nitrogens with one attached hydrogen (secondary N) is 1. The summed E-state index contributed by atoms with van der Waals surface area (Å²) in [6.45, 7) is 2.69. The van der Waals surface area contributed by atoms with E-state index in [-0.39, 0.29) is 17.1 Å². The van der Waals surface area contributed by atoms with Crippen LogP contribution in [-0.2, 0) is 26.2 Å². The standard InChI is InChI=1S/C27H29Cl2N3O5S/c1-18-11-13-22(14-12-18)38(35,36)32(20-7-5-8-21(15-20)37-4)17-26(33)31(19(2)27(34)30-3)16-23-24(28)9-6-10-25(23)29/h5-15,19H,16-17H2,1-4H3,(H,30,34)/t19-/m1/s1. The molecule has 0 radical (unpaired) electrons. The molecule has 38 heavy (non-hydrogen) atoms. The smallest absolute Gasteiger partial charge is 0.264 e. The zero-order valence-corrected chi connectivity index (χ0v) is 23.8. The molecular weight excluding hydrogens is 549 g/mol. The summed E-state index contributed by atoms with van der Waals surface area (Å²) in [5.41, 5.74) is 1.55. The first kappa shape index (κ1) is 29.3. The van der Waals surface area contributed by atoms with E-state index in [4.69, 9.17) is 27.9 Å². The summed E-state index contributed by atoms with van der Waals surface area (Å²) in [6, 6.07) is 16.7. The number of benzene rings is 3. The molecule has 0 heterocycles. The normalized spacial score (nSPS) is 11.9. The van der Waals surface area contributed by atoms with Crippen LogP contribution < -0.4 is 14.4 Å². The molecule has 0 aromatic heterocycles. The highest BCUT2D eigenvalue weighted by atomic mass is 35.5. The van der Waals surface area contributed by atoms with Crippen LogP contribution in [0.2, 0.25) is 10.0 Å². The lowest BCUT2D eigenvalue weighted by atomic mass is 10.1. The van der Waals surface area contributed by atoms with Gasteiger partial charge in [0.05, 0.1) is 17.7 Å². The molecule has 11 heteroatoms. The predicted octanol–water partition coefficient (Wildman–Crippen LogP) is 4.67. The van der Waals surface area contributed by atoms with Gasteiger partial charge in [-0.1, -0.05) is 53.0 Å². The van der Waals surface area contributed by atoms with Gasteiger partial charge < -0.3 is 15.0 Å². The highest BCUT2D eigenvalue weighted by molar-refractivity contribution is 7.92. The molecule has 0 saturated heterocycles. The summed E-state index contributed by atoms with van der Waals surface area (Å²) in [5, 5.41) is 3.16. The van der Waals surface area contributed by atoms with E-state index < -0.39 is 34.4 Å². The Bertz CT molecular complexity index is 1390. The number of hydrogen-bond donors (Lipinski definition) is 1. The van der Waals surface area contributed by atoms with Crippen molar-refractivity contribution >= 4 is 50.7 Å². The van der Waals surface area contributed by atoms with Gasteiger partial charge in [0.2, 0.25) is 11.8 Å². The minimum Gasteiger partial charge on any atom is -0.497 e. The van der Waals surface area contributed by atoms with Crippen LogP contribution in [0.4, 0.5) is 5.69 Å². The number of nitrogens with zero attached hydrogens (tertiary/aromatic N) is 2. The average molecular weight is 579 g/mol. The molecular formula is C27H29Cl2N3O5S. The molecule has 3 aromatic rings. The van der Waals surface area contributed by atoms with Gasteiger partial charge in [-0.3, -0.25) is 13.9 Å². The van der Waals surface area contributed by atoms with Crippen molar-refractivity contribution in [3.63, 3.8) is 0 Å². The summed E-state index contributed by atoms with van der Waals surface area (Å²) >= 11 is 12.7. The van der Waals surface area contributed by atoms with E-state index in [1.807, 2.05) is 6.92 Å². The van der Waals surface area contributed by atoms with Crippen LogP contribution in [0.3, 0.4) is 0 Å². The summed E-state index contributed by atoms with van der Waals surface area (Å²) in [4.78, 5) is 27.7. The third kappa shape index (κ3) is 6.59. The Balaban J connectivity index is 2.09. The number of sulfonamides is 1. The van der Waals surface area contributed by atoms with Crippen molar-refractivity contribution in [2.45, 2.75) is 31.3 Å². The molecule has 0 saturated carbocycles. The molecule has 1 N–H and O–H groups in total. The van der Waals surface area contributed by atoms with Gasteiger partial charge in [-0.05, 0) is 50.2 Å². The maximum atomic E-state index is 13.8. The molecule has 8 nitrogen and oxygen atoms in total. The van der Waals surface area contributed by atoms with Crippen LogP contribution in [0.1, 0.15) is 18.1 Å². The maximum absolute atomic E-state index is 13.8. The Morgan fingerprint density at radius 2 is 1.61 bits per heavy atom. The number of amides is 2. The molecule has 0 aliphatic heterocycles. The van der Waals surface area contributed by atoms with Crippen molar-refractivity contribution < 1.29 is 22.7 Å². The first-order valence-corrected chi connectivity index (χ1v) is 13.9. The lowest BCUT2D eigenvalue weighted by Crippen LogP contribution is -2.50. The number of ether oxygens (including phenoxy) is 1. The molecule has 3 rings (SSSR count). The van der Waals surface area contributed by atoms with E-state index in [1.54, 1.807) is 55.5 Å². The lowest BCUT2D eigenvalue weighted by Gasteiger charge is -2.32. The number of likely N-dealkylation sites (N-methyl/N-ethyl adjacent to an activating group) is 1. The van der Waals surface area contributed by atoms with Crippen molar-refractivity contribution in [3.05, 3.63) is 87.9 Å². The van der Waals surface area contributed by atoms with Gasteiger partial charge in [-0.15, -0.1) is 0 Å². The summed E-state index contributed by atoms with van der Waals surface area (Å²) in [7, 11) is -1.27. The largest absolute Gasteiger partial charge is 0.497 e. The molecule has 0 spiro atoms. The van der Waals surface area contributed by atoms with Gasteiger partial charge in [0, 0.05) is 35.3 Å². The Hall–Kier alpha value is -3.27. The van der Waals surface area contributed by atoms with E-state index in [2.05, 4.69) is 5.32 Å². The van der Waals surface area contributed by atoms with Gasteiger partial charge >= 0.3 is 0 Å². The highest BCUT2D eigenvalue weighted by Crippen LogP contribution is 2.29. The molecule has 0 fully saturated rings. The highest BCUT2D eigenvalue weighted by Gasteiger charge is 2.33. The first-order chi connectivity index (χ1) is 18.0. The van der Waals surface area contributed by atoms with E-state index in [9.17, 15) is 18.0 Å². The average Bonchev–Trinajstić information content (AvgIpc) is 2.90. The number of rotatable bonds is 10. The number of methoxy groups -OCH3 is 1. The second kappa shape index (κ2) is 12.5. The summed E-state index contributed by atoms with van der Waals surface area (Å²) in [5.74, 6) is -0.649. The summed E-state index contributed by atoms with van der Waals surface area (Å²) in [6.07, 6.45) is 0. The van der Waals surface area contributed by atoms with Gasteiger partial charge in [0.15, 0.2) is 0 Å². The second-order valence-corrected chi connectivity index (χ2v) is 11.2. The van der Waals surface area contributed by atoms with E-state index in [1.165, 1.54) is 37.3 Å². The van der Waals surface area contributed by atoms with E-state index in [0.717, 1.165) is 9.87 Å². The molecule has 0 unspecified atom stereocenters. The molecule has 3 aromatic carbocycles. The number of anilines is 1. The molecule has 202 valence electrons. The third-order valence-electron chi connectivity index (χ3n) is 6.03. The fourth-order valence-corrected chi connectivity index (χ4v) is 5.70. The third-order valence-corrected chi connectivity index (χ3v) is 8.53. The first-order valence-electron chi connectivity index (χ1n) is 11.7. The van der Waals surface area contributed by atoms with Crippen LogP contribution >= 0.6 is 23.2 Å². The molecule has 0 aliphatic rings. The SMILES string of the molecule is CNC(=O)[C@@H](C)N(Cc1c(Cl)cccc1Cl)C(=O)CN(c1cccc(OC)c1)S(=O)(=O)c1ccc(C)cc1. The number of halogens is 2. The fraction of sp³-hybridized carbons (Fsp3) is 0.259. The quantitative estimate of drug-likeness (QED) is 0.378. The topological polar surface area (TPSA) is 96.0 Å². The van der Waals surface area contributed by atoms with E-state index in [0.29, 0.717) is 21.4 Å². The number of carbonyl (C=O) groups excluding carboxylic acids is 2. The maximum Gasteiger partial charge on any atom is 0.264 e. The Labute approximate surface area is 233 Å². The number of aryl methyl sites for hydroxylation is 1. The van der Waals surface area contributed by atoms with Crippen LogP contribution in [0.15, 0.2) is 71.6 Å². The van der Waals surface area contributed by atoms with Gasteiger partial charge in [0.25, 0.3) is 10.0 Å².